The summed E-state index contributed by atoms with van der Waals surface area (Å²) in [6.45, 7) is 4.24. The van der Waals surface area contributed by atoms with Gasteiger partial charge in [-0.25, -0.2) is 8.42 Å². The minimum Gasteiger partial charge on any atom is -0.344 e. The van der Waals surface area contributed by atoms with Crippen LogP contribution in [0, 0.1) is 5.92 Å². The monoisotopic (exact) mass is 265 g/mol. The van der Waals surface area contributed by atoms with Crippen molar-refractivity contribution >= 4 is 38.1 Å². The quantitative estimate of drug-likeness (QED) is 0.785. The number of rotatable bonds is 3. The summed E-state index contributed by atoms with van der Waals surface area (Å²) in [6, 6.07) is 0. The van der Waals surface area contributed by atoms with Crippen molar-refractivity contribution in [1.82, 2.24) is 5.32 Å². The zero-order chi connectivity index (χ0) is 11.5. The molecule has 0 saturated heterocycles. The van der Waals surface area contributed by atoms with Crippen molar-refractivity contribution in [2.24, 2.45) is 5.92 Å². The van der Waals surface area contributed by atoms with E-state index >= 15 is 0 Å². The minimum absolute atomic E-state index is 0.0926. The summed E-state index contributed by atoms with van der Waals surface area (Å²) >= 11 is 6.66. The van der Waals surface area contributed by atoms with Gasteiger partial charge in [-0.05, 0) is 12.0 Å². The summed E-state index contributed by atoms with van der Waals surface area (Å²) in [6.07, 6.45) is 1.69. The van der Waals surface area contributed by atoms with Crippen molar-refractivity contribution in [3.05, 3.63) is 11.8 Å². The highest BCUT2D eigenvalue weighted by Gasteiger charge is 2.20. The SMILES string of the molecule is CC(C)CSC(=S)NC1=CCS(=O)(=O)C1. The van der Waals surface area contributed by atoms with Crippen LogP contribution in [-0.2, 0) is 9.84 Å². The predicted octanol–water partition coefficient (Wildman–Crippen LogP) is 1.56. The number of hydrogen-bond acceptors (Lipinski definition) is 4. The molecule has 1 N–H and O–H groups in total. The fourth-order valence-corrected chi connectivity index (χ4v) is 3.34. The van der Waals surface area contributed by atoms with Gasteiger partial charge in [0.15, 0.2) is 9.84 Å². The first-order valence-corrected chi connectivity index (χ1v) is 7.94. The van der Waals surface area contributed by atoms with Crippen molar-refractivity contribution in [2.75, 3.05) is 17.3 Å². The second kappa shape index (κ2) is 5.32. The molecule has 15 heavy (non-hydrogen) atoms. The van der Waals surface area contributed by atoms with Crippen LogP contribution in [-0.4, -0.2) is 30.0 Å². The molecule has 0 aromatic carbocycles. The Morgan fingerprint density at radius 3 is 2.80 bits per heavy atom. The van der Waals surface area contributed by atoms with Crippen LogP contribution in [0.3, 0.4) is 0 Å². The Bertz CT molecular complexity index is 371. The maximum atomic E-state index is 11.1. The van der Waals surface area contributed by atoms with Crippen LogP contribution < -0.4 is 5.32 Å². The van der Waals surface area contributed by atoms with Crippen LogP contribution in [0.1, 0.15) is 13.8 Å². The van der Waals surface area contributed by atoms with E-state index in [1.165, 1.54) is 0 Å². The van der Waals surface area contributed by atoms with Crippen LogP contribution in [0.5, 0.6) is 0 Å². The van der Waals surface area contributed by atoms with E-state index in [4.69, 9.17) is 12.2 Å². The fraction of sp³-hybridized carbons (Fsp3) is 0.667. The smallest absolute Gasteiger partial charge is 0.159 e. The zero-order valence-corrected chi connectivity index (χ0v) is 11.3. The van der Waals surface area contributed by atoms with Gasteiger partial charge in [-0.2, -0.15) is 0 Å². The molecule has 1 heterocycles. The first-order chi connectivity index (χ1) is 6.89. The molecule has 0 atom stereocenters. The van der Waals surface area contributed by atoms with Gasteiger partial charge < -0.3 is 5.32 Å². The van der Waals surface area contributed by atoms with Gasteiger partial charge in [0.1, 0.15) is 4.32 Å². The van der Waals surface area contributed by atoms with Gasteiger partial charge >= 0.3 is 0 Å². The van der Waals surface area contributed by atoms with Gasteiger partial charge in [-0.3, -0.25) is 0 Å². The van der Waals surface area contributed by atoms with Crippen LogP contribution >= 0.6 is 24.0 Å². The Balaban J connectivity index is 2.34. The van der Waals surface area contributed by atoms with Gasteiger partial charge in [-0.1, -0.05) is 37.8 Å². The lowest BCUT2D eigenvalue weighted by Crippen LogP contribution is -2.20. The van der Waals surface area contributed by atoms with E-state index in [-0.39, 0.29) is 11.5 Å². The molecule has 0 radical (unpaired) electrons. The highest BCUT2D eigenvalue weighted by molar-refractivity contribution is 8.23. The third kappa shape index (κ3) is 4.99. The normalized spacial score (nSPS) is 19.0. The molecule has 86 valence electrons. The number of thiocarbonyl (C=S) groups is 1. The minimum atomic E-state index is -2.90. The van der Waals surface area contributed by atoms with Gasteiger partial charge in [0.2, 0.25) is 0 Å². The van der Waals surface area contributed by atoms with Crippen LogP contribution in [0.15, 0.2) is 11.8 Å². The topological polar surface area (TPSA) is 46.2 Å². The van der Waals surface area contributed by atoms with E-state index in [1.54, 1.807) is 17.8 Å². The fourth-order valence-electron chi connectivity index (χ4n) is 1.08. The average Bonchev–Trinajstić information content (AvgIpc) is 2.42. The number of nitrogens with one attached hydrogen (secondary N) is 1. The van der Waals surface area contributed by atoms with E-state index in [1.807, 2.05) is 0 Å². The molecule has 1 aliphatic rings. The predicted molar refractivity (Wildman–Crippen MR) is 69.8 cm³/mol. The number of sulfone groups is 1. The third-order valence-electron chi connectivity index (χ3n) is 1.77. The largest absolute Gasteiger partial charge is 0.344 e. The molecule has 6 heteroatoms. The molecule has 0 amide bonds. The number of hydrogen-bond donors (Lipinski definition) is 1. The Kier molecular flexibility index (Phi) is 4.61. The second-order valence-electron chi connectivity index (χ2n) is 3.90. The third-order valence-corrected chi connectivity index (χ3v) is 4.85. The summed E-state index contributed by atoms with van der Waals surface area (Å²) in [5.41, 5.74) is 0.719. The van der Waals surface area contributed by atoms with Crippen LogP contribution in [0.2, 0.25) is 0 Å². The van der Waals surface area contributed by atoms with Crippen molar-refractivity contribution in [3.8, 4) is 0 Å². The molecular weight excluding hydrogens is 250 g/mol. The summed E-state index contributed by atoms with van der Waals surface area (Å²) in [5, 5.41) is 2.97. The zero-order valence-electron chi connectivity index (χ0n) is 8.82. The average molecular weight is 265 g/mol. The summed E-state index contributed by atoms with van der Waals surface area (Å²) in [7, 11) is -2.90. The molecule has 0 bridgehead atoms. The van der Waals surface area contributed by atoms with E-state index in [0.717, 1.165) is 11.4 Å². The van der Waals surface area contributed by atoms with Gasteiger partial charge in [0.25, 0.3) is 0 Å². The van der Waals surface area contributed by atoms with Crippen molar-refractivity contribution in [3.63, 3.8) is 0 Å². The molecule has 0 aliphatic carbocycles. The molecule has 0 fully saturated rings. The molecule has 1 aliphatic heterocycles. The highest BCUT2D eigenvalue weighted by atomic mass is 32.2. The van der Waals surface area contributed by atoms with Gasteiger partial charge in [0, 0.05) is 11.4 Å². The molecule has 0 aromatic heterocycles. The lowest BCUT2D eigenvalue weighted by Gasteiger charge is -2.08. The molecule has 0 spiro atoms. The van der Waals surface area contributed by atoms with E-state index in [0.29, 0.717) is 10.2 Å². The van der Waals surface area contributed by atoms with Crippen LogP contribution in [0.4, 0.5) is 0 Å². The van der Waals surface area contributed by atoms with E-state index in [2.05, 4.69) is 19.2 Å². The maximum absolute atomic E-state index is 11.1. The molecular formula is C9H15NO2S3. The highest BCUT2D eigenvalue weighted by Crippen LogP contribution is 2.13. The van der Waals surface area contributed by atoms with Crippen LogP contribution in [0.25, 0.3) is 0 Å². The standard InChI is InChI=1S/C9H15NO2S3/c1-7(2)5-14-9(13)10-8-3-4-15(11,12)6-8/h3,7H,4-6H2,1-2H3,(H,10,13). The first kappa shape index (κ1) is 13.0. The molecule has 3 nitrogen and oxygen atoms in total. The van der Waals surface area contributed by atoms with Crippen molar-refractivity contribution in [1.29, 1.82) is 0 Å². The summed E-state index contributed by atoms with van der Waals surface area (Å²) < 4.78 is 23.0. The second-order valence-corrected chi connectivity index (χ2v) is 7.71. The number of thioether (sulfide) groups is 1. The molecule has 1 rings (SSSR count). The Hall–Kier alpha value is -0.0700. The van der Waals surface area contributed by atoms with Crippen molar-refractivity contribution in [2.45, 2.75) is 13.8 Å². The Morgan fingerprint density at radius 1 is 1.67 bits per heavy atom. The Morgan fingerprint density at radius 2 is 2.33 bits per heavy atom. The maximum Gasteiger partial charge on any atom is 0.159 e. The lowest BCUT2D eigenvalue weighted by molar-refractivity contribution is 0.603. The summed E-state index contributed by atoms with van der Waals surface area (Å²) in [4.78, 5) is 0. The van der Waals surface area contributed by atoms with E-state index in [9.17, 15) is 8.42 Å². The molecule has 0 unspecified atom stereocenters. The van der Waals surface area contributed by atoms with Crippen molar-refractivity contribution < 1.29 is 8.42 Å². The molecule has 0 saturated carbocycles. The van der Waals surface area contributed by atoms with Gasteiger partial charge in [-0.15, -0.1) is 0 Å². The summed E-state index contributed by atoms with van der Waals surface area (Å²) in [5.74, 6) is 1.75. The first-order valence-electron chi connectivity index (χ1n) is 4.72. The van der Waals surface area contributed by atoms with Gasteiger partial charge in [0.05, 0.1) is 11.5 Å². The Labute approximate surface area is 101 Å². The lowest BCUT2D eigenvalue weighted by atomic mass is 10.3. The molecule has 0 aromatic rings. The van der Waals surface area contributed by atoms with E-state index < -0.39 is 9.84 Å².